The predicted molar refractivity (Wildman–Crippen MR) is 90.2 cm³/mol. The van der Waals surface area contributed by atoms with Crippen LogP contribution in [0.3, 0.4) is 0 Å². The van der Waals surface area contributed by atoms with Crippen LogP contribution in [0.2, 0.25) is 0 Å². The summed E-state index contributed by atoms with van der Waals surface area (Å²) in [6, 6.07) is 17.2. The molecule has 114 valence electrons. The lowest BCUT2D eigenvalue weighted by Crippen LogP contribution is -2.17. The SMILES string of the molecule is CC(C)(C)C(=O)/C=C/Nc1ccccc1Oc1ccccc1. The molecule has 0 aliphatic rings. The Hall–Kier alpha value is -2.55. The molecule has 2 aromatic rings. The van der Waals surface area contributed by atoms with Gasteiger partial charge in [0, 0.05) is 11.6 Å². The van der Waals surface area contributed by atoms with Gasteiger partial charge in [0.25, 0.3) is 0 Å². The minimum absolute atomic E-state index is 0.0708. The monoisotopic (exact) mass is 295 g/mol. The summed E-state index contributed by atoms with van der Waals surface area (Å²) in [7, 11) is 0. The van der Waals surface area contributed by atoms with Crippen LogP contribution in [0.4, 0.5) is 5.69 Å². The Morgan fingerprint density at radius 2 is 1.64 bits per heavy atom. The Morgan fingerprint density at radius 3 is 2.32 bits per heavy atom. The minimum Gasteiger partial charge on any atom is -0.455 e. The zero-order chi connectivity index (χ0) is 16.0. The Morgan fingerprint density at radius 1 is 1.00 bits per heavy atom. The highest BCUT2D eigenvalue weighted by Gasteiger charge is 2.17. The molecule has 22 heavy (non-hydrogen) atoms. The van der Waals surface area contributed by atoms with E-state index in [0.717, 1.165) is 11.4 Å². The molecule has 0 unspecified atom stereocenters. The molecule has 0 amide bonds. The van der Waals surface area contributed by atoms with Crippen molar-refractivity contribution in [1.82, 2.24) is 0 Å². The van der Waals surface area contributed by atoms with Gasteiger partial charge < -0.3 is 10.1 Å². The molecule has 0 spiro atoms. The highest BCUT2D eigenvalue weighted by molar-refractivity contribution is 5.94. The number of benzene rings is 2. The quantitative estimate of drug-likeness (QED) is 0.787. The van der Waals surface area contributed by atoms with Crippen molar-refractivity contribution in [3.8, 4) is 11.5 Å². The van der Waals surface area contributed by atoms with Gasteiger partial charge in [-0.2, -0.15) is 0 Å². The number of anilines is 1. The van der Waals surface area contributed by atoms with E-state index in [4.69, 9.17) is 4.74 Å². The van der Waals surface area contributed by atoms with Gasteiger partial charge in [-0.15, -0.1) is 0 Å². The number of nitrogens with one attached hydrogen (secondary N) is 1. The smallest absolute Gasteiger partial charge is 0.162 e. The first-order valence-electron chi connectivity index (χ1n) is 7.26. The molecule has 0 fully saturated rings. The normalized spacial score (nSPS) is 11.4. The number of rotatable bonds is 5. The fraction of sp³-hybridized carbons (Fsp3) is 0.211. The van der Waals surface area contributed by atoms with E-state index in [1.165, 1.54) is 0 Å². The van der Waals surface area contributed by atoms with Crippen LogP contribution in [0.15, 0.2) is 66.9 Å². The van der Waals surface area contributed by atoms with Gasteiger partial charge in [0.1, 0.15) is 5.75 Å². The third kappa shape index (κ3) is 4.48. The first-order chi connectivity index (χ1) is 10.5. The molecular weight excluding hydrogens is 274 g/mol. The van der Waals surface area contributed by atoms with E-state index < -0.39 is 0 Å². The maximum atomic E-state index is 11.9. The second kappa shape index (κ2) is 6.94. The van der Waals surface area contributed by atoms with Crippen LogP contribution in [-0.4, -0.2) is 5.78 Å². The lowest BCUT2D eigenvalue weighted by Gasteiger charge is -2.13. The number of carbonyl (C=O) groups is 1. The van der Waals surface area contributed by atoms with Gasteiger partial charge in [-0.3, -0.25) is 4.79 Å². The molecule has 3 heteroatoms. The first kappa shape index (κ1) is 15.8. The third-order valence-corrected chi connectivity index (χ3v) is 3.07. The zero-order valence-corrected chi connectivity index (χ0v) is 13.2. The molecule has 0 aliphatic carbocycles. The molecule has 3 nitrogen and oxygen atoms in total. The second-order valence-electron chi connectivity index (χ2n) is 6.00. The van der Waals surface area contributed by atoms with Crippen LogP contribution in [0, 0.1) is 5.41 Å². The maximum absolute atomic E-state index is 11.9. The molecule has 0 saturated carbocycles. The summed E-state index contributed by atoms with van der Waals surface area (Å²) in [6.45, 7) is 5.68. The first-order valence-corrected chi connectivity index (χ1v) is 7.26. The van der Waals surface area contributed by atoms with Crippen molar-refractivity contribution in [3.63, 3.8) is 0 Å². The summed E-state index contributed by atoms with van der Waals surface area (Å²) < 4.78 is 5.85. The van der Waals surface area contributed by atoms with Gasteiger partial charge >= 0.3 is 0 Å². The van der Waals surface area contributed by atoms with E-state index >= 15 is 0 Å². The second-order valence-corrected chi connectivity index (χ2v) is 6.00. The van der Waals surface area contributed by atoms with Crippen molar-refractivity contribution in [2.24, 2.45) is 5.41 Å². The lowest BCUT2D eigenvalue weighted by atomic mass is 9.91. The van der Waals surface area contributed by atoms with E-state index in [1.807, 2.05) is 75.4 Å². The maximum Gasteiger partial charge on any atom is 0.162 e. The number of ether oxygens (including phenoxy) is 1. The standard InChI is InChI=1S/C19H21NO2/c1-19(2,3)18(21)13-14-20-16-11-7-8-12-17(16)22-15-9-5-4-6-10-15/h4-14,20H,1-3H3/b14-13+. The van der Waals surface area contributed by atoms with Crippen LogP contribution < -0.4 is 10.1 Å². The van der Waals surface area contributed by atoms with Crippen LogP contribution in [-0.2, 0) is 4.79 Å². The van der Waals surface area contributed by atoms with Crippen molar-refractivity contribution < 1.29 is 9.53 Å². The lowest BCUT2D eigenvalue weighted by molar-refractivity contribution is -0.121. The van der Waals surface area contributed by atoms with E-state index in [9.17, 15) is 4.79 Å². The molecule has 0 bridgehead atoms. The van der Waals surface area contributed by atoms with Crippen molar-refractivity contribution in [2.75, 3.05) is 5.32 Å². The molecule has 1 N–H and O–H groups in total. The summed E-state index contributed by atoms with van der Waals surface area (Å²) in [6.07, 6.45) is 3.21. The fourth-order valence-electron chi connectivity index (χ4n) is 1.75. The third-order valence-electron chi connectivity index (χ3n) is 3.07. The van der Waals surface area contributed by atoms with Crippen LogP contribution in [0.5, 0.6) is 11.5 Å². The number of ketones is 1. The van der Waals surface area contributed by atoms with Crippen LogP contribution >= 0.6 is 0 Å². The summed E-state index contributed by atoms with van der Waals surface area (Å²) in [5.74, 6) is 1.55. The average molecular weight is 295 g/mol. The van der Waals surface area contributed by atoms with Gasteiger partial charge in [0.05, 0.1) is 5.69 Å². The van der Waals surface area contributed by atoms with Gasteiger partial charge in [-0.05, 0) is 30.3 Å². The molecule has 0 aromatic heterocycles. The van der Waals surface area contributed by atoms with Crippen molar-refractivity contribution >= 4 is 11.5 Å². The zero-order valence-electron chi connectivity index (χ0n) is 13.2. The molecule has 0 aliphatic heterocycles. The molecule has 0 atom stereocenters. The van der Waals surface area contributed by atoms with Crippen molar-refractivity contribution in [1.29, 1.82) is 0 Å². The van der Waals surface area contributed by atoms with Crippen LogP contribution in [0.25, 0.3) is 0 Å². The van der Waals surface area contributed by atoms with E-state index in [0.29, 0.717) is 5.75 Å². The number of carbonyl (C=O) groups excluding carboxylic acids is 1. The summed E-state index contributed by atoms with van der Waals surface area (Å²) in [4.78, 5) is 11.9. The number of allylic oxidation sites excluding steroid dienone is 1. The molecule has 2 rings (SSSR count). The van der Waals surface area contributed by atoms with Crippen molar-refractivity contribution in [2.45, 2.75) is 20.8 Å². The molecule has 0 heterocycles. The number of hydrogen-bond acceptors (Lipinski definition) is 3. The van der Waals surface area contributed by atoms with Crippen molar-refractivity contribution in [3.05, 3.63) is 66.9 Å². The summed E-state index contributed by atoms with van der Waals surface area (Å²) in [5.41, 5.74) is 0.433. The van der Waals surface area contributed by atoms with Gasteiger partial charge in [0.2, 0.25) is 0 Å². The van der Waals surface area contributed by atoms with Gasteiger partial charge in [-0.1, -0.05) is 51.1 Å². The Balaban J connectivity index is 2.09. The fourth-order valence-corrected chi connectivity index (χ4v) is 1.75. The highest BCUT2D eigenvalue weighted by Crippen LogP contribution is 2.29. The van der Waals surface area contributed by atoms with Crippen LogP contribution in [0.1, 0.15) is 20.8 Å². The predicted octanol–water partition coefficient (Wildman–Crippen LogP) is 5.02. The molecular formula is C19H21NO2. The summed E-state index contributed by atoms with van der Waals surface area (Å²) >= 11 is 0. The minimum atomic E-state index is -0.377. The topological polar surface area (TPSA) is 38.3 Å². The largest absolute Gasteiger partial charge is 0.455 e. The Kier molecular flexibility index (Phi) is 4.99. The Bertz CT molecular complexity index is 655. The van der Waals surface area contributed by atoms with Gasteiger partial charge in [0.15, 0.2) is 11.5 Å². The highest BCUT2D eigenvalue weighted by atomic mass is 16.5. The number of para-hydroxylation sites is 3. The Labute approximate surface area is 131 Å². The molecule has 2 aromatic carbocycles. The van der Waals surface area contributed by atoms with E-state index in [2.05, 4.69) is 5.32 Å². The molecule has 0 radical (unpaired) electrons. The summed E-state index contributed by atoms with van der Waals surface area (Å²) in [5, 5.41) is 3.11. The average Bonchev–Trinajstić information content (AvgIpc) is 2.49. The number of hydrogen-bond donors (Lipinski definition) is 1. The van der Waals surface area contributed by atoms with Gasteiger partial charge in [-0.25, -0.2) is 0 Å². The molecule has 0 saturated heterocycles. The van der Waals surface area contributed by atoms with E-state index in [1.54, 1.807) is 12.3 Å². The van der Waals surface area contributed by atoms with E-state index in [-0.39, 0.29) is 11.2 Å².